The summed E-state index contributed by atoms with van der Waals surface area (Å²) in [4.78, 5) is 15.9. The number of carbonyl (C=O) groups is 1. The van der Waals surface area contributed by atoms with Gasteiger partial charge in [0.2, 0.25) is 0 Å². The van der Waals surface area contributed by atoms with Crippen molar-refractivity contribution in [3.8, 4) is 0 Å². The number of hydrogen-bond acceptors (Lipinski definition) is 2. The van der Waals surface area contributed by atoms with E-state index in [0.717, 1.165) is 32.5 Å². The van der Waals surface area contributed by atoms with E-state index in [4.69, 9.17) is 0 Å². The van der Waals surface area contributed by atoms with Crippen molar-refractivity contribution in [1.82, 2.24) is 9.80 Å². The second-order valence-corrected chi connectivity index (χ2v) is 5.10. The third-order valence-corrected chi connectivity index (χ3v) is 3.69. The zero-order chi connectivity index (χ0) is 11.4. The maximum Gasteiger partial charge on any atom is 0.320 e. The number of rotatable bonds is 2. The Bertz CT molecular complexity index is 331. The van der Waals surface area contributed by atoms with Crippen molar-refractivity contribution < 1.29 is 4.79 Å². The molecule has 1 fully saturated rings. The van der Waals surface area contributed by atoms with Gasteiger partial charge in [-0.05, 0) is 41.7 Å². The molecule has 0 spiro atoms. The highest BCUT2D eigenvalue weighted by Crippen LogP contribution is 2.13. The van der Waals surface area contributed by atoms with E-state index in [-0.39, 0.29) is 6.03 Å². The van der Waals surface area contributed by atoms with Gasteiger partial charge >= 0.3 is 6.03 Å². The molecular weight excluding hydrogens is 220 g/mol. The van der Waals surface area contributed by atoms with Crippen molar-refractivity contribution in [2.45, 2.75) is 25.8 Å². The van der Waals surface area contributed by atoms with Gasteiger partial charge in [0.15, 0.2) is 0 Å². The minimum absolute atomic E-state index is 0.172. The van der Waals surface area contributed by atoms with Crippen LogP contribution in [0.2, 0.25) is 0 Å². The van der Waals surface area contributed by atoms with Crippen LogP contribution in [0.25, 0.3) is 0 Å². The van der Waals surface area contributed by atoms with Crippen LogP contribution >= 0.6 is 11.3 Å². The molecule has 4 heteroatoms. The Morgan fingerprint density at radius 1 is 1.44 bits per heavy atom. The molecule has 0 atom stereocenters. The van der Waals surface area contributed by atoms with Crippen molar-refractivity contribution in [2.24, 2.45) is 0 Å². The van der Waals surface area contributed by atoms with Gasteiger partial charge in [0.25, 0.3) is 0 Å². The molecule has 2 rings (SSSR count). The first-order valence-electron chi connectivity index (χ1n) is 5.78. The lowest BCUT2D eigenvalue weighted by Gasteiger charge is -2.30. The highest BCUT2D eigenvalue weighted by Gasteiger charge is 2.19. The summed E-state index contributed by atoms with van der Waals surface area (Å²) in [5.41, 5.74) is 1.22. The summed E-state index contributed by atoms with van der Waals surface area (Å²) in [7, 11) is 1.88. The number of likely N-dealkylation sites (tertiary alicyclic amines) is 1. The first-order valence-corrected chi connectivity index (χ1v) is 6.73. The molecule has 0 aromatic carbocycles. The number of amides is 2. The molecule has 1 aliphatic rings. The molecule has 1 aliphatic heterocycles. The van der Waals surface area contributed by atoms with Crippen LogP contribution in [0.3, 0.4) is 0 Å². The van der Waals surface area contributed by atoms with Gasteiger partial charge in [-0.1, -0.05) is 0 Å². The molecule has 16 heavy (non-hydrogen) atoms. The largest absolute Gasteiger partial charge is 0.325 e. The molecule has 1 aromatic heterocycles. The second kappa shape index (κ2) is 5.34. The number of carbonyl (C=O) groups excluding carboxylic acids is 1. The average molecular weight is 238 g/mol. The van der Waals surface area contributed by atoms with Gasteiger partial charge in [-0.2, -0.15) is 11.3 Å². The average Bonchev–Trinajstić information content (AvgIpc) is 2.82. The van der Waals surface area contributed by atoms with Gasteiger partial charge in [-0.3, -0.25) is 0 Å². The summed E-state index contributed by atoms with van der Waals surface area (Å²) in [6.45, 7) is 2.57. The van der Waals surface area contributed by atoms with Crippen LogP contribution < -0.4 is 0 Å². The number of urea groups is 1. The van der Waals surface area contributed by atoms with E-state index in [1.54, 1.807) is 11.3 Å². The monoisotopic (exact) mass is 238 g/mol. The summed E-state index contributed by atoms with van der Waals surface area (Å²) in [6.07, 6.45) is 3.56. The first kappa shape index (κ1) is 11.5. The predicted octanol–water partition coefficient (Wildman–Crippen LogP) is 2.79. The zero-order valence-electron chi connectivity index (χ0n) is 9.69. The molecule has 88 valence electrons. The molecule has 0 saturated carbocycles. The van der Waals surface area contributed by atoms with Crippen LogP contribution in [0, 0.1) is 0 Å². The first-order chi connectivity index (χ1) is 7.77. The van der Waals surface area contributed by atoms with Crippen LogP contribution in [-0.2, 0) is 6.54 Å². The zero-order valence-corrected chi connectivity index (χ0v) is 10.5. The van der Waals surface area contributed by atoms with Gasteiger partial charge in [0.05, 0.1) is 0 Å². The van der Waals surface area contributed by atoms with Crippen molar-refractivity contribution >= 4 is 17.4 Å². The normalized spacial score (nSPS) is 16.2. The molecule has 0 radical (unpaired) electrons. The molecule has 0 bridgehead atoms. The standard InChI is InChI=1S/C12H18N2OS/c1-13(9-11-5-8-16-10-11)12(15)14-6-3-2-4-7-14/h5,8,10H,2-4,6-7,9H2,1H3. The molecule has 1 saturated heterocycles. The van der Waals surface area contributed by atoms with E-state index in [2.05, 4.69) is 16.8 Å². The molecule has 0 aliphatic carbocycles. The molecule has 0 unspecified atom stereocenters. The van der Waals surface area contributed by atoms with Crippen molar-refractivity contribution in [3.63, 3.8) is 0 Å². The molecule has 0 N–H and O–H groups in total. The summed E-state index contributed by atoms with van der Waals surface area (Å²) in [6, 6.07) is 2.25. The highest BCUT2D eigenvalue weighted by atomic mass is 32.1. The fourth-order valence-electron chi connectivity index (χ4n) is 2.05. The molecule has 3 nitrogen and oxygen atoms in total. The molecule has 2 heterocycles. The maximum absolute atomic E-state index is 12.1. The van der Waals surface area contributed by atoms with Crippen molar-refractivity contribution in [3.05, 3.63) is 22.4 Å². The minimum atomic E-state index is 0.172. The third kappa shape index (κ3) is 2.76. The van der Waals surface area contributed by atoms with Crippen molar-refractivity contribution in [2.75, 3.05) is 20.1 Å². The van der Waals surface area contributed by atoms with Crippen LogP contribution in [0.1, 0.15) is 24.8 Å². The molecular formula is C12H18N2OS. The summed E-state index contributed by atoms with van der Waals surface area (Å²) < 4.78 is 0. The van der Waals surface area contributed by atoms with E-state index >= 15 is 0 Å². The van der Waals surface area contributed by atoms with E-state index in [1.165, 1.54) is 12.0 Å². The van der Waals surface area contributed by atoms with E-state index < -0.39 is 0 Å². The number of piperidine rings is 1. The third-order valence-electron chi connectivity index (χ3n) is 2.95. The van der Waals surface area contributed by atoms with Gasteiger partial charge < -0.3 is 9.80 Å². The van der Waals surface area contributed by atoms with Crippen LogP contribution in [0.4, 0.5) is 4.79 Å². The van der Waals surface area contributed by atoms with E-state index in [9.17, 15) is 4.79 Å². The fourth-order valence-corrected chi connectivity index (χ4v) is 2.71. The van der Waals surface area contributed by atoms with E-state index in [1.807, 2.05) is 16.8 Å². The summed E-state index contributed by atoms with van der Waals surface area (Å²) >= 11 is 1.68. The number of hydrogen-bond donors (Lipinski definition) is 0. The maximum atomic E-state index is 12.1. The second-order valence-electron chi connectivity index (χ2n) is 4.32. The Kier molecular flexibility index (Phi) is 3.83. The summed E-state index contributed by atoms with van der Waals surface area (Å²) in [5, 5.41) is 4.15. The lowest BCUT2D eigenvalue weighted by Crippen LogP contribution is -2.43. The molecule has 2 amide bonds. The number of nitrogens with zero attached hydrogens (tertiary/aromatic N) is 2. The smallest absolute Gasteiger partial charge is 0.320 e. The Morgan fingerprint density at radius 2 is 2.19 bits per heavy atom. The SMILES string of the molecule is CN(Cc1ccsc1)C(=O)N1CCCCC1. The van der Waals surface area contributed by atoms with Gasteiger partial charge in [-0.15, -0.1) is 0 Å². The van der Waals surface area contributed by atoms with Gasteiger partial charge in [0, 0.05) is 26.7 Å². The van der Waals surface area contributed by atoms with Gasteiger partial charge in [0.1, 0.15) is 0 Å². The predicted molar refractivity (Wildman–Crippen MR) is 66.6 cm³/mol. The molecule has 1 aromatic rings. The quantitative estimate of drug-likeness (QED) is 0.777. The Hall–Kier alpha value is -1.03. The van der Waals surface area contributed by atoms with E-state index in [0.29, 0.717) is 0 Å². The highest BCUT2D eigenvalue weighted by molar-refractivity contribution is 7.07. The Balaban J connectivity index is 1.88. The lowest BCUT2D eigenvalue weighted by molar-refractivity contribution is 0.151. The Labute approximate surface area is 101 Å². The topological polar surface area (TPSA) is 23.6 Å². The number of thiophene rings is 1. The van der Waals surface area contributed by atoms with Crippen molar-refractivity contribution in [1.29, 1.82) is 0 Å². The lowest BCUT2D eigenvalue weighted by atomic mass is 10.1. The van der Waals surface area contributed by atoms with Crippen LogP contribution in [-0.4, -0.2) is 36.0 Å². The minimum Gasteiger partial charge on any atom is -0.325 e. The summed E-state index contributed by atoms with van der Waals surface area (Å²) in [5.74, 6) is 0. The fraction of sp³-hybridized carbons (Fsp3) is 0.583. The van der Waals surface area contributed by atoms with Gasteiger partial charge in [-0.25, -0.2) is 4.79 Å². The Morgan fingerprint density at radius 3 is 2.81 bits per heavy atom. The van der Waals surface area contributed by atoms with Crippen LogP contribution in [0.5, 0.6) is 0 Å². The van der Waals surface area contributed by atoms with Crippen LogP contribution in [0.15, 0.2) is 16.8 Å².